The Kier molecular flexibility index (Phi) is 14.8. The molecule has 0 aliphatic carbocycles. The Hall–Kier alpha value is -1.62. The quantitative estimate of drug-likeness (QED) is 0.111. The summed E-state index contributed by atoms with van der Waals surface area (Å²) in [6.07, 6.45) is 0.865. The third-order valence-electron chi connectivity index (χ3n) is 5.92. The van der Waals surface area contributed by atoms with Gasteiger partial charge in [-0.25, -0.2) is 33.0 Å². The molecule has 18 heteroatoms. The second-order valence-electron chi connectivity index (χ2n) is 7.83. The minimum atomic E-state index is -2.93. The van der Waals surface area contributed by atoms with Crippen LogP contribution in [0.4, 0.5) is 0 Å². The van der Waals surface area contributed by atoms with Crippen molar-refractivity contribution in [2.45, 2.75) is 57.0 Å². The van der Waals surface area contributed by atoms with Gasteiger partial charge in [0.25, 0.3) is 0 Å². The van der Waals surface area contributed by atoms with E-state index < -0.39 is 43.6 Å². The van der Waals surface area contributed by atoms with Crippen molar-refractivity contribution in [3.05, 3.63) is 31.5 Å². The van der Waals surface area contributed by atoms with E-state index in [-0.39, 0.29) is 32.1 Å². The van der Waals surface area contributed by atoms with Crippen LogP contribution in [0.2, 0.25) is 18.1 Å². The molecule has 0 fully saturated rings. The summed E-state index contributed by atoms with van der Waals surface area (Å²) in [6, 6.07) is 0.791. The molecule has 0 saturated carbocycles. The van der Waals surface area contributed by atoms with Crippen molar-refractivity contribution in [3.63, 3.8) is 0 Å². The first-order valence-corrected chi connectivity index (χ1v) is 17.0. The van der Waals surface area contributed by atoms with Crippen LogP contribution in [0.15, 0.2) is 14.4 Å². The highest BCUT2D eigenvalue weighted by Crippen LogP contribution is 2.16. The molecular weight excluding hydrogens is 546 g/mol. The maximum atomic E-state index is 13.2. The monoisotopic (exact) mass is 585 g/mol. The van der Waals surface area contributed by atoms with Gasteiger partial charge in [0, 0.05) is 80.4 Å². The molecule has 0 bridgehead atoms. The van der Waals surface area contributed by atoms with Crippen molar-refractivity contribution >= 4 is 26.5 Å². The predicted molar refractivity (Wildman–Crippen MR) is 136 cm³/mol. The van der Waals surface area contributed by atoms with Crippen molar-refractivity contribution < 1.29 is 40.5 Å². The van der Waals surface area contributed by atoms with E-state index in [0.29, 0.717) is 24.9 Å². The fraction of sp³-hybridized carbons (Fsp3) is 0.842. The van der Waals surface area contributed by atoms with E-state index in [0.717, 1.165) is 13.7 Å². The summed E-state index contributed by atoms with van der Waals surface area (Å²) in [5, 5.41) is 0. The second kappa shape index (κ2) is 16.4. The van der Waals surface area contributed by atoms with E-state index in [2.05, 4.69) is 9.46 Å². The zero-order chi connectivity index (χ0) is 28.1. The SMILES string of the molecule is COO[Si](=O)CCCn1c(=O)n(CCC[Si](OC)(OC)OC)c(=O)n(CCC[Si](OC)(OC)OC)c1=O. The molecular formula is C19H39N3O12Si3. The van der Waals surface area contributed by atoms with Gasteiger partial charge < -0.3 is 35.6 Å². The molecule has 15 nitrogen and oxygen atoms in total. The van der Waals surface area contributed by atoms with Gasteiger partial charge in [-0.05, 0) is 19.3 Å². The fourth-order valence-electron chi connectivity index (χ4n) is 3.79. The first-order valence-electron chi connectivity index (χ1n) is 11.6. The molecule has 214 valence electrons. The van der Waals surface area contributed by atoms with Gasteiger partial charge in [0.15, 0.2) is 0 Å². The number of hydrogen-bond acceptors (Lipinski definition) is 12. The lowest BCUT2D eigenvalue weighted by Gasteiger charge is -2.24. The molecule has 0 saturated heterocycles. The van der Waals surface area contributed by atoms with Crippen LogP contribution in [0.25, 0.3) is 0 Å². The number of aromatic nitrogens is 3. The standard InChI is InChI=1S/C19H39N3O12Si3/c1-27-34-35(26)14-8-11-20-17(23)21(12-9-15-36(28-2,29-3)30-4)19(25)22(18(20)24)13-10-16-37(31-5,32-6)33-7/h8-16H2,1-7H3. The summed E-state index contributed by atoms with van der Waals surface area (Å²) in [5.41, 5.74) is -2.25. The van der Waals surface area contributed by atoms with Gasteiger partial charge in [0.2, 0.25) is 0 Å². The van der Waals surface area contributed by atoms with Gasteiger partial charge in [0.1, 0.15) is 0 Å². The van der Waals surface area contributed by atoms with Crippen molar-refractivity contribution in [1.82, 2.24) is 13.7 Å². The molecule has 0 spiro atoms. The van der Waals surface area contributed by atoms with Gasteiger partial charge in [-0.1, -0.05) is 0 Å². The number of hydrogen-bond donors (Lipinski definition) is 0. The molecule has 0 aromatic carbocycles. The minimum Gasteiger partial charge on any atom is -0.377 e. The Morgan fingerprint density at radius 1 is 0.595 bits per heavy atom. The Bertz CT molecular complexity index is 939. The lowest BCUT2D eigenvalue weighted by Crippen LogP contribution is -2.55. The first-order chi connectivity index (χ1) is 17.6. The topological polar surface area (TPSA) is 157 Å². The van der Waals surface area contributed by atoms with E-state index >= 15 is 0 Å². The first kappa shape index (κ1) is 33.4. The van der Waals surface area contributed by atoms with Crippen LogP contribution in [0.3, 0.4) is 0 Å². The molecule has 1 rings (SSSR count). The van der Waals surface area contributed by atoms with E-state index in [9.17, 15) is 18.8 Å². The summed E-state index contributed by atoms with van der Waals surface area (Å²) >= 11 is 0. The Labute approximate surface area is 219 Å². The molecule has 0 amide bonds. The van der Waals surface area contributed by atoms with Crippen molar-refractivity contribution in [1.29, 1.82) is 0 Å². The molecule has 0 aliphatic rings. The number of rotatable bonds is 20. The maximum absolute atomic E-state index is 13.2. The summed E-state index contributed by atoms with van der Waals surface area (Å²) < 4.78 is 51.8. The molecule has 0 N–H and O–H groups in total. The Morgan fingerprint density at radius 2 is 0.919 bits per heavy atom. The highest BCUT2D eigenvalue weighted by atomic mass is 28.4. The molecule has 0 atom stereocenters. The zero-order valence-electron chi connectivity index (χ0n) is 22.6. The third kappa shape index (κ3) is 8.97. The van der Waals surface area contributed by atoms with Crippen LogP contribution in [-0.4, -0.2) is 90.0 Å². The molecule has 0 unspecified atom stereocenters. The fourth-order valence-corrected chi connectivity index (χ4v) is 7.92. The summed E-state index contributed by atoms with van der Waals surface area (Å²) in [7, 11) is 1.74. The van der Waals surface area contributed by atoms with Crippen LogP contribution in [0.1, 0.15) is 19.3 Å². The van der Waals surface area contributed by atoms with Crippen LogP contribution >= 0.6 is 0 Å². The van der Waals surface area contributed by atoms with Crippen LogP contribution in [-0.2, 0) is 60.1 Å². The predicted octanol–water partition coefficient (Wildman–Crippen LogP) is -0.405. The van der Waals surface area contributed by atoms with E-state index in [1.807, 2.05) is 0 Å². The second-order valence-corrected chi connectivity index (χ2v) is 15.4. The third-order valence-corrected chi connectivity index (χ3v) is 12.7. The molecule has 1 aromatic rings. The van der Waals surface area contributed by atoms with Gasteiger partial charge in [-0.2, -0.15) is 0 Å². The average Bonchev–Trinajstić information content (AvgIpc) is 2.91. The zero-order valence-corrected chi connectivity index (χ0v) is 25.6. The molecule has 37 heavy (non-hydrogen) atoms. The Morgan fingerprint density at radius 3 is 1.22 bits per heavy atom. The van der Waals surface area contributed by atoms with Gasteiger partial charge in [0.05, 0.1) is 7.11 Å². The molecule has 1 aromatic heterocycles. The van der Waals surface area contributed by atoms with E-state index in [4.69, 9.17) is 26.6 Å². The molecule has 0 radical (unpaired) electrons. The summed E-state index contributed by atoms with van der Waals surface area (Å²) in [6.45, 7) is -0.0284. The lowest BCUT2D eigenvalue weighted by atomic mass is 10.4. The van der Waals surface area contributed by atoms with E-state index in [1.54, 1.807) is 0 Å². The lowest BCUT2D eigenvalue weighted by molar-refractivity contribution is -0.188. The normalized spacial score (nSPS) is 12.2. The van der Waals surface area contributed by atoms with Gasteiger partial charge >= 0.3 is 43.6 Å². The van der Waals surface area contributed by atoms with Gasteiger partial charge in [-0.3, -0.25) is 0 Å². The van der Waals surface area contributed by atoms with Crippen LogP contribution in [0.5, 0.6) is 0 Å². The largest absolute Gasteiger partial charge is 0.538 e. The molecule has 1 heterocycles. The highest BCUT2D eigenvalue weighted by Gasteiger charge is 2.38. The Balaban J connectivity index is 3.29. The number of nitrogens with zero attached hydrogens (tertiary/aromatic N) is 3. The van der Waals surface area contributed by atoms with Crippen molar-refractivity contribution in [2.75, 3.05) is 49.8 Å². The van der Waals surface area contributed by atoms with Crippen molar-refractivity contribution in [3.8, 4) is 0 Å². The van der Waals surface area contributed by atoms with Crippen LogP contribution in [0, 0.1) is 0 Å². The van der Waals surface area contributed by atoms with Crippen LogP contribution < -0.4 is 17.1 Å². The summed E-state index contributed by atoms with van der Waals surface area (Å²) in [4.78, 5) is 43.9. The smallest absolute Gasteiger partial charge is 0.377 e. The summed E-state index contributed by atoms with van der Waals surface area (Å²) in [5.74, 6) is 0. The van der Waals surface area contributed by atoms with E-state index in [1.165, 1.54) is 49.8 Å². The molecule has 0 aliphatic heterocycles. The van der Waals surface area contributed by atoms with Gasteiger partial charge in [-0.15, -0.1) is 0 Å². The minimum absolute atomic E-state index is 0.0130. The highest BCUT2D eigenvalue weighted by molar-refractivity contribution is 6.60. The average molecular weight is 586 g/mol. The van der Waals surface area contributed by atoms with Crippen molar-refractivity contribution in [2.24, 2.45) is 0 Å². The maximum Gasteiger partial charge on any atom is 0.538 e.